The Morgan fingerprint density at radius 1 is 0.889 bits per heavy atom. The lowest BCUT2D eigenvalue weighted by molar-refractivity contribution is 0.208. The van der Waals surface area contributed by atoms with Crippen molar-refractivity contribution in [3.05, 3.63) is 0 Å². The molecule has 3 saturated carbocycles. The van der Waals surface area contributed by atoms with Crippen LogP contribution in [0.25, 0.3) is 0 Å². The fraction of sp³-hybridized carbons (Fsp3) is 1.00. The van der Waals surface area contributed by atoms with Crippen LogP contribution in [0, 0.1) is 23.7 Å². The third-order valence-electron chi connectivity index (χ3n) is 6.12. The van der Waals surface area contributed by atoms with E-state index in [-0.39, 0.29) is 0 Å². The molecule has 1 heteroatoms. The minimum absolute atomic E-state index is 0.903. The van der Waals surface area contributed by atoms with E-state index in [1.807, 2.05) is 0 Å². The molecule has 3 fully saturated rings. The first-order valence-electron chi connectivity index (χ1n) is 8.63. The smallest absolute Gasteiger partial charge is 0.0101 e. The first-order chi connectivity index (χ1) is 8.90. The maximum Gasteiger partial charge on any atom is 0.0101 e. The molecule has 0 spiro atoms. The molecule has 0 aromatic carbocycles. The molecule has 0 saturated heterocycles. The summed E-state index contributed by atoms with van der Waals surface area (Å²) in [6.45, 7) is 3.58. The van der Waals surface area contributed by atoms with Crippen LogP contribution in [0.3, 0.4) is 0 Å². The molecule has 0 aromatic rings. The normalized spacial score (nSPS) is 41.5. The van der Waals surface area contributed by atoms with Gasteiger partial charge in [-0.3, -0.25) is 0 Å². The van der Waals surface area contributed by atoms with Gasteiger partial charge in [0, 0.05) is 6.04 Å². The van der Waals surface area contributed by atoms with E-state index in [2.05, 4.69) is 12.2 Å². The molecular weight excluding hydrogens is 218 g/mol. The van der Waals surface area contributed by atoms with Crippen molar-refractivity contribution in [3.63, 3.8) is 0 Å². The summed E-state index contributed by atoms with van der Waals surface area (Å²) in [4.78, 5) is 0. The molecule has 1 N–H and O–H groups in total. The number of nitrogens with one attached hydrogen (secondary N) is 1. The first kappa shape index (κ1) is 13.0. The zero-order chi connectivity index (χ0) is 12.4. The molecule has 3 aliphatic rings. The summed E-state index contributed by atoms with van der Waals surface area (Å²) < 4.78 is 0. The van der Waals surface area contributed by atoms with E-state index >= 15 is 0 Å². The topological polar surface area (TPSA) is 12.0 Å². The van der Waals surface area contributed by atoms with Gasteiger partial charge in [0.25, 0.3) is 0 Å². The predicted octanol–water partition coefficient (Wildman–Crippen LogP) is 4.37. The fourth-order valence-corrected chi connectivity index (χ4v) is 5.32. The predicted molar refractivity (Wildman–Crippen MR) is 77.6 cm³/mol. The SMILES string of the molecule is CCCCCCCNC1CC2CC1C1CCCC21. The van der Waals surface area contributed by atoms with Gasteiger partial charge in [-0.15, -0.1) is 0 Å². The minimum atomic E-state index is 0.903. The highest BCUT2D eigenvalue weighted by molar-refractivity contribution is 5.05. The molecule has 0 aromatic heterocycles. The maximum atomic E-state index is 3.90. The molecule has 5 atom stereocenters. The van der Waals surface area contributed by atoms with Crippen LogP contribution in [0.4, 0.5) is 0 Å². The summed E-state index contributed by atoms with van der Waals surface area (Å²) in [6.07, 6.45) is 14.8. The molecule has 5 unspecified atom stereocenters. The second kappa shape index (κ2) is 5.94. The average Bonchev–Trinajstić information content (AvgIpc) is 3.04. The van der Waals surface area contributed by atoms with Crippen molar-refractivity contribution >= 4 is 0 Å². The number of unbranched alkanes of at least 4 members (excludes halogenated alkanes) is 4. The van der Waals surface area contributed by atoms with Crippen molar-refractivity contribution in [2.75, 3.05) is 6.54 Å². The van der Waals surface area contributed by atoms with E-state index < -0.39 is 0 Å². The summed E-state index contributed by atoms with van der Waals surface area (Å²) >= 11 is 0. The van der Waals surface area contributed by atoms with Crippen LogP contribution in [-0.4, -0.2) is 12.6 Å². The van der Waals surface area contributed by atoms with Gasteiger partial charge in [-0.25, -0.2) is 0 Å². The van der Waals surface area contributed by atoms with Gasteiger partial charge in [0.05, 0.1) is 0 Å². The Morgan fingerprint density at radius 3 is 2.61 bits per heavy atom. The van der Waals surface area contributed by atoms with Crippen molar-refractivity contribution in [2.45, 2.75) is 77.2 Å². The second-order valence-electron chi connectivity index (χ2n) is 7.13. The lowest BCUT2D eigenvalue weighted by atomic mass is 9.79. The van der Waals surface area contributed by atoms with Gasteiger partial charge in [-0.05, 0) is 62.3 Å². The summed E-state index contributed by atoms with van der Waals surface area (Å²) in [6, 6.07) is 0.903. The zero-order valence-corrected chi connectivity index (χ0v) is 12.2. The number of fused-ring (bicyclic) bond motifs is 5. The highest BCUT2D eigenvalue weighted by Crippen LogP contribution is 2.58. The van der Waals surface area contributed by atoms with Gasteiger partial charge < -0.3 is 5.32 Å². The molecule has 0 radical (unpaired) electrons. The Labute approximate surface area is 113 Å². The Kier molecular flexibility index (Phi) is 4.28. The van der Waals surface area contributed by atoms with Crippen LogP contribution in [0.15, 0.2) is 0 Å². The Bertz CT molecular complexity index is 262. The van der Waals surface area contributed by atoms with Crippen molar-refractivity contribution in [1.29, 1.82) is 0 Å². The monoisotopic (exact) mass is 249 g/mol. The fourth-order valence-electron chi connectivity index (χ4n) is 5.32. The molecular formula is C17H31N. The van der Waals surface area contributed by atoms with Gasteiger partial charge in [0.2, 0.25) is 0 Å². The summed E-state index contributed by atoms with van der Waals surface area (Å²) in [5, 5.41) is 3.90. The van der Waals surface area contributed by atoms with E-state index in [9.17, 15) is 0 Å². The molecule has 104 valence electrons. The van der Waals surface area contributed by atoms with Crippen LogP contribution < -0.4 is 5.32 Å². The Balaban J connectivity index is 1.35. The minimum Gasteiger partial charge on any atom is -0.314 e. The number of rotatable bonds is 7. The third kappa shape index (κ3) is 2.48. The van der Waals surface area contributed by atoms with Crippen molar-refractivity contribution in [1.82, 2.24) is 5.32 Å². The van der Waals surface area contributed by atoms with Gasteiger partial charge in [-0.1, -0.05) is 39.0 Å². The quantitative estimate of drug-likeness (QED) is 0.661. The van der Waals surface area contributed by atoms with Gasteiger partial charge in [0.15, 0.2) is 0 Å². The van der Waals surface area contributed by atoms with Crippen LogP contribution in [0.2, 0.25) is 0 Å². The van der Waals surface area contributed by atoms with Crippen molar-refractivity contribution in [3.8, 4) is 0 Å². The molecule has 0 amide bonds. The summed E-state index contributed by atoms with van der Waals surface area (Å²) in [7, 11) is 0. The highest BCUT2D eigenvalue weighted by Gasteiger charge is 2.53. The van der Waals surface area contributed by atoms with Gasteiger partial charge in [0.1, 0.15) is 0 Å². The van der Waals surface area contributed by atoms with E-state index in [0.717, 1.165) is 29.7 Å². The largest absolute Gasteiger partial charge is 0.314 e. The summed E-state index contributed by atoms with van der Waals surface area (Å²) in [5.74, 6) is 4.46. The maximum absolute atomic E-state index is 3.90. The van der Waals surface area contributed by atoms with Gasteiger partial charge >= 0.3 is 0 Å². The average molecular weight is 249 g/mol. The van der Waals surface area contributed by atoms with Crippen LogP contribution >= 0.6 is 0 Å². The van der Waals surface area contributed by atoms with Crippen molar-refractivity contribution < 1.29 is 0 Å². The lowest BCUT2D eigenvalue weighted by Crippen LogP contribution is -2.39. The molecule has 3 rings (SSSR count). The van der Waals surface area contributed by atoms with E-state index in [4.69, 9.17) is 0 Å². The van der Waals surface area contributed by atoms with Crippen molar-refractivity contribution in [2.24, 2.45) is 23.7 Å². The van der Waals surface area contributed by atoms with E-state index in [1.54, 1.807) is 19.3 Å². The molecule has 2 bridgehead atoms. The van der Waals surface area contributed by atoms with E-state index in [1.165, 1.54) is 51.5 Å². The van der Waals surface area contributed by atoms with Crippen LogP contribution in [0.1, 0.15) is 71.1 Å². The van der Waals surface area contributed by atoms with E-state index in [0.29, 0.717) is 0 Å². The highest BCUT2D eigenvalue weighted by atomic mass is 14.9. The zero-order valence-electron chi connectivity index (χ0n) is 12.2. The summed E-state index contributed by atoms with van der Waals surface area (Å²) in [5.41, 5.74) is 0. The number of hydrogen-bond donors (Lipinski definition) is 1. The second-order valence-corrected chi connectivity index (χ2v) is 7.13. The standard InChI is InChI=1S/C17H31N/c1-2-3-4-5-6-10-18-17-12-13-11-16(17)15-9-7-8-14(13)15/h13-18H,2-12H2,1H3. The molecule has 18 heavy (non-hydrogen) atoms. The van der Waals surface area contributed by atoms with Gasteiger partial charge in [-0.2, -0.15) is 0 Å². The third-order valence-corrected chi connectivity index (χ3v) is 6.12. The van der Waals surface area contributed by atoms with Crippen LogP contribution in [-0.2, 0) is 0 Å². The molecule has 0 heterocycles. The molecule has 0 aliphatic heterocycles. The molecule has 1 nitrogen and oxygen atoms in total. The number of hydrogen-bond acceptors (Lipinski definition) is 1. The first-order valence-corrected chi connectivity index (χ1v) is 8.63. The molecule has 3 aliphatic carbocycles. The Hall–Kier alpha value is -0.0400. The van der Waals surface area contributed by atoms with Crippen LogP contribution in [0.5, 0.6) is 0 Å². The Morgan fingerprint density at radius 2 is 1.72 bits per heavy atom. The lowest BCUT2D eigenvalue weighted by Gasteiger charge is -2.32.